The molecule has 3 aromatic rings. The Kier molecular flexibility index (Phi) is 8.22. The summed E-state index contributed by atoms with van der Waals surface area (Å²) in [4.78, 5) is 16.1. The summed E-state index contributed by atoms with van der Waals surface area (Å²) in [5.74, 6) is -0.341. The number of hydrogen-bond acceptors (Lipinski definition) is 3. The molecule has 2 fully saturated rings. The molecule has 220 valence electrons. The van der Waals surface area contributed by atoms with Gasteiger partial charge in [0.25, 0.3) is 0 Å². The topological polar surface area (TPSA) is 32.3 Å². The van der Waals surface area contributed by atoms with E-state index >= 15 is 0 Å². The van der Waals surface area contributed by atoms with Crippen LogP contribution in [-0.2, 0) is 29.1 Å². The van der Waals surface area contributed by atoms with Crippen LogP contribution in [0.3, 0.4) is 0 Å². The molecule has 1 aliphatic heterocycles. The Hall–Kier alpha value is -2.92. The molecule has 0 bridgehead atoms. The van der Waals surface area contributed by atoms with Gasteiger partial charge in [-0.15, -0.1) is 0 Å². The number of carbonyl (C=O) groups excluding carboxylic acids is 1. The summed E-state index contributed by atoms with van der Waals surface area (Å²) < 4.78 is 93.2. The van der Waals surface area contributed by atoms with Gasteiger partial charge in [-0.25, -0.2) is 4.39 Å². The van der Waals surface area contributed by atoms with E-state index in [2.05, 4.69) is 10.2 Å². The number of hydrogen-bond donors (Lipinski definition) is 1. The van der Waals surface area contributed by atoms with E-state index in [9.17, 15) is 35.5 Å². The van der Waals surface area contributed by atoms with Crippen molar-refractivity contribution in [3.05, 3.63) is 92.9 Å². The lowest BCUT2D eigenvalue weighted by molar-refractivity contribution is -0.143. The Morgan fingerprint density at radius 2 is 1.56 bits per heavy atom. The van der Waals surface area contributed by atoms with Crippen LogP contribution in [0.5, 0.6) is 0 Å². The van der Waals surface area contributed by atoms with Gasteiger partial charge in [-0.3, -0.25) is 4.79 Å². The van der Waals surface area contributed by atoms with Crippen LogP contribution in [0.15, 0.2) is 59.3 Å². The monoisotopic (exact) mass is 598 g/mol. The zero-order valence-electron chi connectivity index (χ0n) is 22.0. The molecule has 1 amide bonds. The molecule has 11 heteroatoms. The van der Waals surface area contributed by atoms with Gasteiger partial charge in [-0.05, 0) is 115 Å². The number of piperidine rings is 1. The molecule has 3 nitrogen and oxygen atoms in total. The van der Waals surface area contributed by atoms with Gasteiger partial charge in [-0.1, -0.05) is 12.1 Å². The van der Waals surface area contributed by atoms with Gasteiger partial charge in [0.05, 0.1) is 16.5 Å². The van der Waals surface area contributed by atoms with Crippen LogP contribution >= 0.6 is 11.3 Å². The first-order valence-electron chi connectivity index (χ1n) is 13.4. The summed E-state index contributed by atoms with van der Waals surface area (Å²) in [5.41, 5.74) is -2.09. The van der Waals surface area contributed by atoms with Crippen LogP contribution < -0.4 is 5.32 Å². The maximum absolute atomic E-state index is 13.7. The minimum atomic E-state index is -4.96. The Bertz CT molecular complexity index is 1310. The molecule has 2 aromatic carbocycles. The lowest BCUT2D eigenvalue weighted by atomic mass is 9.79. The van der Waals surface area contributed by atoms with Gasteiger partial charge in [0.15, 0.2) is 0 Å². The second kappa shape index (κ2) is 11.4. The molecular weight excluding hydrogens is 569 g/mol. The first-order valence-corrected chi connectivity index (χ1v) is 14.4. The SMILES string of the molecule is O=C(NCc1cc(C(F)(F)F)cc(C(F)(F)F)c1)C1(c2ccsc2)CCC(N2CCC(c3ccc(F)cc3)CC2)C1. The van der Waals surface area contributed by atoms with Crippen LogP contribution in [-0.4, -0.2) is 29.9 Å². The lowest BCUT2D eigenvalue weighted by Gasteiger charge is -2.37. The number of likely N-dealkylation sites (tertiary alicyclic amines) is 1. The van der Waals surface area contributed by atoms with E-state index in [-0.39, 0.29) is 23.5 Å². The predicted molar refractivity (Wildman–Crippen MR) is 142 cm³/mol. The number of nitrogens with zero attached hydrogens (tertiary/aromatic N) is 1. The average molecular weight is 599 g/mol. The van der Waals surface area contributed by atoms with Crippen LogP contribution in [0.25, 0.3) is 0 Å². The quantitative estimate of drug-likeness (QED) is 0.293. The van der Waals surface area contributed by atoms with Crippen LogP contribution in [0.4, 0.5) is 30.7 Å². The minimum absolute atomic E-state index is 0.0823. The molecule has 1 saturated heterocycles. The zero-order chi connectivity index (χ0) is 29.4. The Morgan fingerprint density at radius 3 is 2.12 bits per heavy atom. The van der Waals surface area contributed by atoms with E-state index < -0.39 is 41.3 Å². The molecule has 1 aliphatic carbocycles. The van der Waals surface area contributed by atoms with E-state index in [1.807, 2.05) is 29.0 Å². The normalized spacial score (nSPS) is 22.7. The van der Waals surface area contributed by atoms with Gasteiger partial charge < -0.3 is 10.2 Å². The molecule has 0 radical (unpaired) electrons. The van der Waals surface area contributed by atoms with Gasteiger partial charge >= 0.3 is 12.4 Å². The maximum atomic E-state index is 13.7. The third-order valence-electron chi connectivity index (χ3n) is 8.48. The summed E-state index contributed by atoms with van der Waals surface area (Å²) in [5, 5.41) is 6.40. The van der Waals surface area contributed by atoms with Crippen LogP contribution in [0.1, 0.15) is 65.8 Å². The number of carbonyl (C=O) groups is 1. The molecule has 1 N–H and O–H groups in total. The third kappa shape index (κ3) is 6.45. The molecule has 0 spiro atoms. The fourth-order valence-electron chi connectivity index (χ4n) is 6.27. The second-order valence-electron chi connectivity index (χ2n) is 10.9. The number of halogens is 7. The number of amides is 1. The van der Waals surface area contributed by atoms with Gasteiger partial charge in [0.1, 0.15) is 5.82 Å². The van der Waals surface area contributed by atoms with Crippen molar-refractivity contribution in [1.29, 1.82) is 0 Å². The van der Waals surface area contributed by atoms with Crippen molar-refractivity contribution in [2.45, 2.75) is 68.4 Å². The van der Waals surface area contributed by atoms with Crippen LogP contribution in [0, 0.1) is 5.82 Å². The van der Waals surface area contributed by atoms with E-state index in [1.54, 1.807) is 0 Å². The zero-order valence-corrected chi connectivity index (χ0v) is 22.8. The Labute approximate surface area is 237 Å². The van der Waals surface area contributed by atoms with Crippen LogP contribution in [0.2, 0.25) is 0 Å². The summed E-state index contributed by atoms with van der Waals surface area (Å²) >= 11 is 1.43. The highest BCUT2D eigenvalue weighted by molar-refractivity contribution is 7.08. The largest absolute Gasteiger partial charge is 0.416 e. The molecular formula is C30H29F7N2OS. The fourth-order valence-corrected chi connectivity index (χ4v) is 7.03. The van der Waals surface area contributed by atoms with E-state index in [0.717, 1.165) is 43.5 Å². The summed E-state index contributed by atoms with van der Waals surface area (Å²) in [6, 6.07) is 9.92. The fraction of sp³-hybridized carbons (Fsp3) is 0.433. The number of benzene rings is 2. The second-order valence-corrected chi connectivity index (χ2v) is 11.7. The van der Waals surface area contributed by atoms with Gasteiger partial charge in [0.2, 0.25) is 5.91 Å². The molecule has 1 aromatic heterocycles. The highest BCUT2D eigenvalue weighted by Crippen LogP contribution is 2.45. The third-order valence-corrected chi connectivity index (χ3v) is 9.17. The van der Waals surface area contributed by atoms with Gasteiger partial charge in [-0.2, -0.15) is 37.7 Å². The number of nitrogens with one attached hydrogen (secondary N) is 1. The van der Waals surface area contributed by atoms with Crippen molar-refractivity contribution in [1.82, 2.24) is 10.2 Å². The summed E-state index contributed by atoms with van der Waals surface area (Å²) in [6.07, 6.45) is -6.34. The first kappa shape index (κ1) is 29.6. The molecule has 2 aliphatic rings. The molecule has 1 saturated carbocycles. The van der Waals surface area contributed by atoms with E-state index in [4.69, 9.17) is 0 Å². The van der Waals surface area contributed by atoms with Crippen molar-refractivity contribution in [3.63, 3.8) is 0 Å². The highest BCUT2D eigenvalue weighted by Gasteiger charge is 2.48. The predicted octanol–water partition coefficient (Wildman–Crippen LogP) is 7.91. The average Bonchev–Trinajstić information content (AvgIpc) is 3.63. The Morgan fingerprint density at radius 1 is 0.927 bits per heavy atom. The standard InChI is InChI=1S/C30H29F7N2OS/c31-25-3-1-20(2-4-25)21-6-10-39(11-7-21)26-5-9-28(16-26,22-8-12-41-18-22)27(40)38-17-19-13-23(29(32,33)34)15-24(14-19)30(35,36)37/h1-4,8,12-15,18,21,26H,5-7,9-11,16-17H2,(H,38,40). The van der Waals surface area contributed by atoms with Crippen molar-refractivity contribution < 1.29 is 35.5 Å². The Balaban J connectivity index is 1.29. The van der Waals surface area contributed by atoms with Crippen molar-refractivity contribution in [2.75, 3.05) is 13.1 Å². The summed E-state index contributed by atoms with van der Waals surface area (Å²) in [6.45, 7) is 1.18. The van der Waals surface area contributed by atoms with E-state index in [0.29, 0.717) is 30.9 Å². The summed E-state index contributed by atoms with van der Waals surface area (Å²) in [7, 11) is 0. The molecule has 41 heavy (non-hydrogen) atoms. The van der Waals surface area contributed by atoms with Crippen molar-refractivity contribution in [3.8, 4) is 0 Å². The number of alkyl halides is 6. The highest BCUT2D eigenvalue weighted by atomic mass is 32.1. The van der Waals surface area contributed by atoms with Crippen molar-refractivity contribution in [2.24, 2.45) is 0 Å². The number of rotatable bonds is 6. The first-order chi connectivity index (χ1) is 19.3. The molecule has 5 rings (SSSR count). The number of thiophene rings is 1. The van der Waals surface area contributed by atoms with E-state index in [1.165, 1.54) is 23.5 Å². The smallest absolute Gasteiger partial charge is 0.351 e. The maximum Gasteiger partial charge on any atom is 0.416 e. The lowest BCUT2D eigenvalue weighted by Crippen LogP contribution is -2.45. The van der Waals surface area contributed by atoms with Gasteiger partial charge in [0, 0.05) is 12.6 Å². The molecule has 2 unspecified atom stereocenters. The molecule has 2 atom stereocenters. The molecule has 2 heterocycles. The minimum Gasteiger partial charge on any atom is -0.351 e. The van der Waals surface area contributed by atoms with Crippen molar-refractivity contribution >= 4 is 17.2 Å².